The Labute approximate surface area is 168 Å². The highest BCUT2D eigenvalue weighted by Gasteiger charge is 2.48. The van der Waals surface area contributed by atoms with E-state index in [1.54, 1.807) is 30.3 Å². The predicted octanol–water partition coefficient (Wildman–Crippen LogP) is 4.67. The monoisotopic (exact) mass is 454 g/mol. The molecule has 0 saturated heterocycles. The normalized spacial score (nSPS) is 18.5. The molecule has 2 amide bonds. The van der Waals surface area contributed by atoms with Crippen LogP contribution in [0.15, 0.2) is 53.0 Å². The van der Waals surface area contributed by atoms with Gasteiger partial charge in [-0.05, 0) is 52.0 Å². The quantitative estimate of drug-likeness (QED) is 0.713. The van der Waals surface area contributed by atoms with Gasteiger partial charge in [0.05, 0.1) is 17.8 Å². The second-order valence-electron chi connectivity index (χ2n) is 6.76. The van der Waals surface area contributed by atoms with Crippen molar-refractivity contribution in [1.29, 1.82) is 0 Å². The molecule has 2 unspecified atom stereocenters. The van der Waals surface area contributed by atoms with Crippen LogP contribution in [0.3, 0.4) is 0 Å². The van der Waals surface area contributed by atoms with Gasteiger partial charge in [0.15, 0.2) is 0 Å². The van der Waals surface area contributed by atoms with E-state index in [9.17, 15) is 22.8 Å². The molecule has 148 valence electrons. The summed E-state index contributed by atoms with van der Waals surface area (Å²) >= 11 is 3.32. The summed E-state index contributed by atoms with van der Waals surface area (Å²) in [5.41, 5.74) is 0.0146. The fraction of sp³-hybridized carbons (Fsp3) is 0.300. The molecule has 0 aromatic heterocycles. The minimum Gasteiger partial charge on any atom is -0.336 e. The van der Waals surface area contributed by atoms with Crippen LogP contribution in [0.25, 0.3) is 0 Å². The third kappa shape index (κ3) is 4.55. The lowest BCUT2D eigenvalue weighted by atomic mass is 10.0. The van der Waals surface area contributed by atoms with Crippen molar-refractivity contribution in [1.82, 2.24) is 4.90 Å². The van der Waals surface area contributed by atoms with Gasteiger partial charge in [0.2, 0.25) is 11.8 Å². The zero-order chi connectivity index (χ0) is 20.5. The molecule has 2 aromatic rings. The van der Waals surface area contributed by atoms with Crippen molar-refractivity contribution in [3.05, 3.63) is 64.1 Å². The zero-order valence-corrected chi connectivity index (χ0v) is 16.5. The largest absolute Gasteiger partial charge is 0.416 e. The predicted molar refractivity (Wildman–Crippen MR) is 103 cm³/mol. The Morgan fingerprint density at radius 3 is 2.46 bits per heavy atom. The van der Waals surface area contributed by atoms with Crippen molar-refractivity contribution >= 4 is 33.4 Å². The Morgan fingerprint density at radius 1 is 1.14 bits per heavy atom. The van der Waals surface area contributed by atoms with Crippen LogP contribution < -0.4 is 5.32 Å². The van der Waals surface area contributed by atoms with Crippen LogP contribution in [-0.4, -0.2) is 30.3 Å². The molecule has 2 atom stereocenters. The summed E-state index contributed by atoms with van der Waals surface area (Å²) in [6.07, 6.45) is -4.11. The van der Waals surface area contributed by atoms with Crippen LogP contribution in [0.2, 0.25) is 0 Å². The highest BCUT2D eigenvalue weighted by molar-refractivity contribution is 9.10. The van der Waals surface area contributed by atoms with Crippen molar-refractivity contribution in [3.63, 3.8) is 0 Å². The van der Waals surface area contributed by atoms with Crippen molar-refractivity contribution in [2.24, 2.45) is 5.92 Å². The minimum absolute atomic E-state index is 0.138. The number of benzene rings is 2. The Kier molecular flexibility index (Phi) is 5.79. The van der Waals surface area contributed by atoms with Crippen LogP contribution in [0, 0.1) is 5.92 Å². The van der Waals surface area contributed by atoms with E-state index in [0.29, 0.717) is 16.6 Å². The van der Waals surface area contributed by atoms with E-state index in [4.69, 9.17) is 0 Å². The van der Waals surface area contributed by atoms with E-state index in [0.717, 1.165) is 6.07 Å². The van der Waals surface area contributed by atoms with Gasteiger partial charge >= 0.3 is 6.18 Å². The van der Waals surface area contributed by atoms with Gasteiger partial charge in [-0.15, -0.1) is 0 Å². The molecule has 8 heteroatoms. The Morgan fingerprint density at radius 2 is 1.79 bits per heavy atom. The van der Waals surface area contributed by atoms with Gasteiger partial charge in [0.25, 0.3) is 0 Å². The third-order valence-electron chi connectivity index (χ3n) is 4.68. The maximum Gasteiger partial charge on any atom is 0.416 e. The number of hydrogen-bond donors (Lipinski definition) is 1. The van der Waals surface area contributed by atoms with Gasteiger partial charge in [0.1, 0.15) is 0 Å². The van der Waals surface area contributed by atoms with Crippen molar-refractivity contribution in [2.45, 2.75) is 18.5 Å². The molecule has 1 saturated carbocycles. The molecule has 0 bridgehead atoms. The molecule has 0 heterocycles. The Bertz CT molecular complexity index is 901. The average Bonchev–Trinajstić information content (AvgIpc) is 3.43. The molecular formula is C20H18BrF3N2O2. The number of halogens is 4. The summed E-state index contributed by atoms with van der Waals surface area (Å²) in [7, 11) is 1.48. The number of anilines is 1. The first-order chi connectivity index (χ1) is 13.2. The first kappa shape index (κ1) is 20.4. The number of amides is 2. The maximum atomic E-state index is 13.2. The molecule has 2 aromatic carbocycles. The first-order valence-electron chi connectivity index (χ1n) is 8.64. The molecule has 28 heavy (non-hydrogen) atoms. The van der Waals surface area contributed by atoms with Crippen LogP contribution in [0.1, 0.15) is 23.5 Å². The first-order valence-corrected chi connectivity index (χ1v) is 9.43. The van der Waals surface area contributed by atoms with Gasteiger partial charge < -0.3 is 10.2 Å². The molecule has 1 aliphatic carbocycles. The number of carbonyl (C=O) groups excluding carboxylic acids is 2. The third-order valence-corrected chi connectivity index (χ3v) is 5.37. The van der Waals surface area contributed by atoms with Crippen LogP contribution >= 0.6 is 15.9 Å². The second kappa shape index (κ2) is 7.95. The lowest BCUT2D eigenvalue weighted by molar-refractivity contribution is -0.138. The van der Waals surface area contributed by atoms with Crippen molar-refractivity contribution in [3.8, 4) is 0 Å². The standard InChI is InChI=1S/C20H18BrF3N2O2/c1-26(11-18(27)25-17-9-5-4-8-16(17)21)19(28)14-10-13(14)12-6-2-3-7-15(12)20(22,23)24/h2-9,13-14H,10-11H2,1H3,(H,25,27). The molecule has 0 radical (unpaired) electrons. The molecule has 3 rings (SSSR count). The molecule has 1 N–H and O–H groups in total. The second-order valence-corrected chi connectivity index (χ2v) is 7.61. The van der Waals surface area contributed by atoms with E-state index in [-0.39, 0.29) is 23.9 Å². The van der Waals surface area contributed by atoms with Gasteiger partial charge in [-0.3, -0.25) is 9.59 Å². The smallest absolute Gasteiger partial charge is 0.336 e. The van der Waals surface area contributed by atoms with Crippen LogP contribution in [0.4, 0.5) is 18.9 Å². The number of nitrogens with one attached hydrogen (secondary N) is 1. The van der Waals surface area contributed by atoms with Crippen molar-refractivity contribution < 1.29 is 22.8 Å². The van der Waals surface area contributed by atoms with E-state index in [1.807, 2.05) is 0 Å². The van der Waals surface area contributed by atoms with Crippen LogP contribution in [-0.2, 0) is 15.8 Å². The number of likely N-dealkylation sites (N-methyl/N-ethyl adjacent to an activating group) is 1. The minimum atomic E-state index is -4.46. The summed E-state index contributed by atoms with van der Waals surface area (Å²) in [6, 6.07) is 12.4. The van der Waals surface area contributed by atoms with E-state index < -0.39 is 23.6 Å². The number of hydrogen-bond acceptors (Lipinski definition) is 2. The number of nitrogens with zero attached hydrogens (tertiary/aromatic N) is 1. The zero-order valence-electron chi connectivity index (χ0n) is 15.0. The summed E-state index contributed by atoms with van der Waals surface area (Å²) in [5.74, 6) is -1.72. The van der Waals surface area contributed by atoms with Gasteiger partial charge in [-0.2, -0.15) is 13.2 Å². The molecule has 1 fully saturated rings. The number of para-hydroxylation sites is 1. The molecule has 0 spiro atoms. The number of carbonyl (C=O) groups is 2. The van der Waals surface area contributed by atoms with Gasteiger partial charge in [0, 0.05) is 17.4 Å². The SMILES string of the molecule is CN(CC(=O)Nc1ccccc1Br)C(=O)C1CC1c1ccccc1C(F)(F)F. The Hall–Kier alpha value is -2.35. The molecule has 1 aliphatic rings. The fourth-order valence-electron chi connectivity index (χ4n) is 3.22. The highest BCUT2D eigenvalue weighted by atomic mass is 79.9. The van der Waals surface area contributed by atoms with Gasteiger partial charge in [-0.1, -0.05) is 30.3 Å². The summed E-state index contributed by atoms with van der Waals surface area (Å²) in [5, 5.41) is 2.70. The number of rotatable bonds is 5. The molecule has 0 aliphatic heterocycles. The lowest BCUT2D eigenvalue weighted by Gasteiger charge is -2.18. The molecule has 4 nitrogen and oxygen atoms in total. The fourth-order valence-corrected chi connectivity index (χ4v) is 3.60. The van der Waals surface area contributed by atoms with Crippen molar-refractivity contribution in [2.75, 3.05) is 18.9 Å². The number of alkyl halides is 3. The lowest BCUT2D eigenvalue weighted by Crippen LogP contribution is -2.36. The van der Waals surface area contributed by atoms with E-state index >= 15 is 0 Å². The summed E-state index contributed by atoms with van der Waals surface area (Å²) < 4.78 is 40.3. The topological polar surface area (TPSA) is 49.4 Å². The summed E-state index contributed by atoms with van der Waals surface area (Å²) in [6.45, 7) is -0.176. The Balaban J connectivity index is 1.62. The summed E-state index contributed by atoms with van der Waals surface area (Å²) in [4.78, 5) is 26.0. The van der Waals surface area contributed by atoms with E-state index in [2.05, 4.69) is 21.2 Å². The van der Waals surface area contributed by atoms with Crippen LogP contribution in [0.5, 0.6) is 0 Å². The van der Waals surface area contributed by atoms with Gasteiger partial charge in [-0.25, -0.2) is 0 Å². The highest BCUT2D eigenvalue weighted by Crippen LogP contribution is 2.51. The van der Waals surface area contributed by atoms with E-state index in [1.165, 1.54) is 24.1 Å². The average molecular weight is 455 g/mol. The maximum absolute atomic E-state index is 13.2. The molecular weight excluding hydrogens is 437 g/mol.